The van der Waals surface area contributed by atoms with Gasteiger partial charge in [-0.25, -0.2) is 19.3 Å². The third kappa shape index (κ3) is 5.46. The van der Waals surface area contributed by atoms with E-state index in [9.17, 15) is 9.59 Å². The summed E-state index contributed by atoms with van der Waals surface area (Å²) in [7, 11) is 3.44. The number of anilines is 1. The summed E-state index contributed by atoms with van der Waals surface area (Å²) in [6.45, 7) is 8.24. The van der Waals surface area contributed by atoms with E-state index in [1.165, 1.54) is 4.90 Å². The van der Waals surface area contributed by atoms with E-state index in [1.807, 2.05) is 11.6 Å². The van der Waals surface area contributed by atoms with Crippen molar-refractivity contribution in [1.29, 1.82) is 0 Å². The maximum atomic E-state index is 13.4. The molecule has 4 rings (SSSR count). The molecule has 1 saturated heterocycles. The topological polar surface area (TPSA) is 108 Å². The van der Waals surface area contributed by atoms with Gasteiger partial charge in [0.1, 0.15) is 16.3 Å². The summed E-state index contributed by atoms with van der Waals surface area (Å²) in [5.41, 5.74) is 1.20. The molecule has 0 spiro atoms. The molecule has 10 nitrogen and oxygen atoms in total. The lowest BCUT2D eigenvalue weighted by atomic mass is 9.97. The van der Waals surface area contributed by atoms with Crippen LogP contribution in [-0.4, -0.2) is 81.1 Å². The highest BCUT2D eigenvalue weighted by Gasteiger charge is 2.27. The molecule has 11 heteroatoms. The third-order valence-corrected chi connectivity index (χ3v) is 6.52. The molecule has 1 aliphatic heterocycles. The molecular weight excluding hydrogens is 452 g/mol. The van der Waals surface area contributed by atoms with Gasteiger partial charge >= 0.3 is 6.03 Å². The Balaban J connectivity index is 1.56. The van der Waals surface area contributed by atoms with E-state index in [0.29, 0.717) is 49.8 Å². The minimum absolute atomic E-state index is 0.0485. The molecule has 3 amide bonds. The predicted molar refractivity (Wildman–Crippen MR) is 133 cm³/mol. The summed E-state index contributed by atoms with van der Waals surface area (Å²) in [5.74, 6) is 0.967. The Morgan fingerprint density at radius 3 is 2.62 bits per heavy atom. The Morgan fingerprint density at radius 2 is 1.94 bits per heavy atom. The van der Waals surface area contributed by atoms with Crippen molar-refractivity contribution in [1.82, 2.24) is 34.7 Å². The Hall–Kier alpha value is -3.21. The summed E-state index contributed by atoms with van der Waals surface area (Å²) in [5, 5.41) is 12.7. The number of nitrogens with zero attached hydrogens (tertiary/aromatic N) is 6. The Kier molecular flexibility index (Phi) is 6.74. The van der Waals surface area contributed by atoms with Crippen LogP contribution in [0.4, 0.5) is 10.6 Å². The highest BCUT2D eigenvalue weighted by atomic mass is 32.1. The Morgan fingerprint density at radius 1 is 1.21 bits per heavy atom. The van der Waals surface area contributed by atoms with E-state index in [-0.39, 0.29) is 23.4 Å². The number of hydrogen-bond acceptors (Lipinski definition) is 7. The largest absolute Gasteiger partial charge is 0.369 e. The zero-order chi connectivity index (χ0) is 24.5. The number of fused-ring (bicyclic) bond motifs is 1. The lowest BCUT2D eigenvalue weighted by molar-refractivity contribution is 0.0701. The van der Waals surface area contributed by atoms with Gasteiger partial charge in [0.25, 0.3) is 5.91 Å². The van der Waals surface area contributed by atoms with Gasteiger partial charge in [0.05, 0.1) is 11.8 Å². The van der Waals surface area contributed by atoms with Crippen LogP contribution in [0.25, 0.3) is 16.2 Å². The maximum absolute atomic E-state index is 13.4. The van der Waals surface area contributed by atoms with Crippen LogP contribution in [-0.2, 0) is 0 Å². The highest BCUT2D eigenvalue weighted by Crippen LogP contribution is 2.27. The standard InChI is InChI=1S/C23H32N8O2S/c1-23(2,3)14-24-18-12-17(27-19(28-18)16-13-25-31-10-11-34-21(16)31)20(32)30-8-6-15(7-9-30)26-22(33)29(4)5/h10-13,15H,6-9,14H2,1-5H3,(H,26,33)(H,24,27,28). The highest BCUT2D eigenvalue weighted by molar-refractivity contribution is 7.16. The molecular formula is C23H32N8O2S. The van der Waals surface area contributed by atoms with Gasteiger partial charge in [0.15, 0.2) is 5.82 Å². The van der Waals surface area contributed by atoms with Crippen molar-refractivity contribution in [2.45, 2.75) is 39.7 Å². The van der Waals surface area contributed by atoms with Crippen LogP contribution in [0.3, 0.4) is 0 Å². The van der Waals surface area contributed by atoms with Gasteiger partial charge in [0, 0.05) is 57.4 Å². The Labute approximate surface area is 203 Å². The van der Waals surface area contributed by atoms with Gasteiger partial charge in [-0.15, -0.1) is 11.3 Å². The molecule has 34 heavy (non-hydrogen) atoms. The monoisotopic (exact) mass is 484 g/mol. The van der Waals surface area contributed by atoms with Crippen LogP contribution < -0.4 is 10.6 Å². The molecule has 0 aromatic carbocycles. The van der Waals surface area contributed by atoms with Gasteiger partial charge in [-0.05, 0) is 18.3 Å². The smallest absolute Gasteiger partial charge is 0.317 e. The second-order valence-electron chi connectivity index (χ2n) is 10.00. The average molecular weight is 485 g/mol. The van der Waals surface area contributed by atoms with Gasteiger partial charge in [-0.3, -0.25) is 4.79 Å². The maximum Gasteiger partial charge on any atom is 0.317 e. The average Bonchev–Trinajstić information content (AvgIpc) is 3.41. The Bertz CT molecular complexity index is 1170. The van der Waals surface area contributed by atoms with Crippen LogP contribution >= 0.6 is 11.3 Å². The molecule has 2 N–H and O–H groups in total. The van der Waals surface area contributed by atoms with Crippen molar-refractivity contribution in [3.63, 3.8) is 0 Å². The third-order valence-electron chi connectivity index (χ3n) is 5.63. The molecule has 1 aliphatic rings. The second kappa shape index (κ2) is 9.57. The van der Waals surface area contributed by atoms with Gasteiger partial charge in [0.2, 0.25) is 0 Å². The summed E-state index contributed by atoms with van der Waals surface area (Å²) in [6.07, 6.45) is 5.04. The summed E-state index contributed by atoms with van der Waals surface area (Å²) in [6, 6.07) is 1.68. The number of hydrogen-bond donors (Lipinski definition) is 2. The molecule has 3 aromatic heterocycles. The molecule has 182 valence electrons. The summed E-state index contributed by atoms with van der Waals surface area (Å²) < 4.78 is 1.78. The first-order valence-electron chi connectivity index (χ1n) is 11.4. The molecule has 0 atom stereocenters. The number of likely N-dealkylation sites (tertiary alicyclic amines) is 1. The van der Waals surface area contributed by atoms with Gasteiger partial charge in [-0.1, -0.05) is 20.8 Å². The zero-order valence-corrected chi connectivity index (χ0v) is 21.1. The van der Waals surface area contributed by atoms with E-state index in [4.69, 9.17) is 4.98 Å². The number of nitrogens with one attached hydrogen (secondary N) is 2. The van der Waals surface area contributed by atoms with Crippen molar-refractivity contribution in [3.8, 4) is 11.4 Å². The lowest BCUT2D eigenvalue weighted by Crippen LogP contribution is -2.48. The van der Waals surface area contributed by atoms with Crippen LogP contribution in [0, 0.1) is 5.41 Å². The quantitative estimate of drug-likeness (QED) is 0.576. The van der Waals surface area contributed by atoms with Crippen molar-refractivity contribution in [3.05, 3.63) is 29.5 Å². The number of carbonyl (C=O) groups is 2. The van der Waals surface area contributed by atoms with Crippen molar-refractivity contribution in [2.24, 2.45) is 5.41 Å². The molecule has 0 saturated carbocycles. The zero-order valence-electron chi connectivity index (χ0n) is 20.3. The fraction of sp³-hybridized carbons (Fsp3) is 0.522. The number of thiazole rings is 1. The number of aromatic nitrogens is 4. The van der Waals surface area contributed by atoms with E-state index >= 15 is 0 Å². The molecule has 1 fully saturated rings. The molecule has 0 bridgehead atoms. The van der Waals surface area contributed by atoms with E-state index in [1.54, 1.807) is 47.1 Å². The van der Waals surface area contributed by atoms with Gasteiger partial charge in [-0.2, -0.15) is 5.10 Å². The minimum Gasteiger partial charge on any atom is -0.369 e. The van der Waals surface area contributed by atoms with E-state index in [2.05, 4.69) is 41.5 Å². The molecule has 0 aliphatic carbocycles. The van der Waals surface area contributed by atoms with E-state index in [0.717, 1.165) is 10.4 Å². The molecule has 0 radical (unpaired) electrons. The summed E-state index contributed by atoms with van der Waals surface area (Å²) >= 11 is 1.55. The van der Waals surface area contributed by atoms with Crippen LogP contribution in [0.15, 0.2) is 23.8 Å². The van der Waals surface area contributed by atoms with Crippen molar-refractivity contribution >= 4 is 33.9 Å². The second-order valence-corrected chi connectivity index (χ2v) is 10.9. The normalized spacial score (nSPS) is 14.9. The van der Waals surface area contributed by atoms with Crippen LogP contribution in [0.1, 0.15) is 44.1 Å². The van der Waals surface area contributed by atoms with Crippen molar-refractivity contribution in [2.75, 3.05) is 39.0 Å². The number of piperidine rings is 1. The van der Waals surface area contributed by atoms with Crippen molar-refractivity contribution < 1.29 is 9.59 Å². The van der Waals surface area contributed by atoms with Crippen LogP contribution in [0.5, 0.6) is 0 Å². The first-order valence-corrected chi connectivity index (χ1v) is 12.3. The van der Waals surface area contributed by atoms with Crippen LogP contribution in [0.2, 0.25) is 0 Å². The SMILES string of the molecule is CN(C)C(=O)NC1CCN(C(=O)c2cc(NCC(C)(C)C)nc(-c3cnn4ccsc34)n2)CC1. The minimum atomic E-state index is -0.130. The fourth-order valence-corrected chi connectivity index (χ4v) is 4.49. The van der Waals surface area contributed by atoms with E-state index < -0.39 is 0 Å². The number of carbonyl (C=O) groups excluding carboxylic acids is 2. The first-order chi connectivity index (χ1) is 16.1. The first kappa shape index (κ1) is 23.9. The van der Waals surface area contributed by atoms with Gasteiger partial charge < -0.3 is 20.4 Å². The summed E-state index contributed by atoms with van der Waals surface area (Å²) in [4.78, 5) is 39.0. The number of rotatable bonds is 5. The lowest BCUT2D eigenvalue weighted by Gasteiger charge is -2.32. The molecule has 3 aromatic rings. The molecule has 4 heterocycles. The molecule has 0 unspecified atom stereocenters. The predicted octanol–water partition coefficient (Wildman–Crippen LogP) is 3.19. The number of amides is 3. The fourth-order valence-electron chi connectivity index (χ4n) is 3.70. The number of urea groups is 1.